The second-order valence-electron chi connectivity index (χ2n) is 5.25. The summed E-state index contributed by atoms with van der Waals surface area (Å²) in [5.41, 5.74) is -0.260. The summed E-state index contributed by atoms with van der Waals surface area (Å²) in [5.74, 6) is -1.98. The Kier molecular flexibility index (Phi) is 6.23. The third-order valence-corrected chi connectivity index (χ3v) is 3.11. The molecule has 0 saturated carbocycles. The molecule has 0 aromatic heterocycles. The summed E-state index contributed by atoms with van der Waals surface area (Å²) in [6, 6.07) is 0. The zero-order chi connectivity index (χ0) is 15.3. The van der Waals surface area contributed by atoms with Gasteiger partial charge in [-0.3, -0.25) is 4.79 Å². The number of ether oxygens (including phenoxy) is 1. The molecule has 9 heteroatoms. The van der Waals surface area contributed by atoms with Crippen molar-refractivity contribution in [1.29, 1.82) is 0 Å². The van der Waals surface area contributed by atoms with Gasteiger partial charge in [-0.1, -0.05) is 20.8 Å². The van der Waals surface area contributed by atoms with Crippen LogP contribution in [0.15, 0.2) is 0 Å². The molecule has 0 aromatic rings. The molecule has 0 aromatic carbocycles. The molecule has 1 atom stereocenters. The molecule has 0 aliphatic rings. The van der Waals surface area contributed by atoms with Crippen LogP contribution < -0.4 is 9.44 Å². The van der Waals surface area contributed by atoms with E-state index in [4.69, 9.17) is 5.11 Å². The Bertz CT molecular complexity index is 426. The van der Waals surface area contributed by atoms with Crippen LogP contribution in [0.1, 0.15) is 27.2 Å². The molecule has 112 valence electrons. The van der Waals surface area contributed by atoms with Crippen LogP contribution in [0.5, 0.6) is 0 Å². The molecule has 8 nitrogen and oxygen atoms in total. The molecule has 0 saturated heterocycles. The average molecular weight is 296 g/mol. The molecule has 0 aliphatic heterocycles. The summed E-state index contributed by atoms with van der Waals surface area (Å²) in [4.78, 5) is 21.8. The molecule has 0 spiro atoms. The normalized spacial score (nSPS) is 13.7. The van der Waals surface area contributed by atoms with Gasteiger partial charge in [0.05, 0.1) is 13.0 Å². The number of aliphatic carboxylic acids is 1. The van der Waals surface area contributed by atoms with Crippen LogP contribution in [-0.2, 0) is 19.7 Å². The number of carbonyl (C=O) groups is 2. The number of methoxy groups -OCH3 is 1. The molecule has 0 radical (unpaired) electrons. The summed E-state index contributed by atoms with van der Waals surface area (Å²) >= 11 is 0. The van der Waals surface area contributed by atoms with Crippen molar-refractivity contribution >= 4 is 22.3 Å². The van der Waals surface area contributed by atoms with Gasteiger partial charge >= 0.3 is 22.3 Å². The van der Waals surface area contributed by atoms with Crippen LogP contribution in [0.25, 0.3) is 0 Å². The number of carboxylic acids is 1. The topological polar surface area (TPSA) is 122 Å². The third-order valence-electron chi connectivity index (χ3n) is 2.13. The lowest BCUT2D eigenvalue weighted by Gasteiger charge is -2.23. The van der Waals surface area contributed by atoms with Crippen molar-refractivity contribution in [2.45, 2.75) is 27.2 Å². The van der Waals surface area contributed by atoms with E-state index in [-0.39, 0.29) is 12.0 Å². The summed E-state index contributed by atoms with van der Waals surface area (Å²) in [7, 11) is -3.10. The first-order valence-corrected chi connectivity index (χ1v) is 7.03. The minimum Gasteiger partial charge on any atom is -0.481 e. The summed E-state index contributed by atoms with van der Waals surface area (Å²) in [5, 5.41) is 9.01. The SMILES string of the molecule is COC(=O)NS(=O)(=O)NCC(CC(C)(C)C)C(=O)O. The lowest BCUT2D eigenvalue weighted by molar-refractivity contribution is -0.142. The van der Waals surface area contributed by atoms with Crippen molar-refractivity contribution < 1.29 is 27.9 Å². The van der Waals surface area contributed by atoms with Crippen molar-refractivity contribution in [2.24, 2.45) is 11.3 Å². The lowest BCUT2D eigenvalue weighted by Crippen LogP contribution is -2.43. The van der Waals surface area contributed by atoms with Gasteiger partial charge in [0, 0.05) is 6.54 Å². The quantitative estimate of drug-likeness (QED) is 0.648. The van der Waals surface area contributed by atoms with E-state index < -0.39 is 28.2 Å². The van der Waals surface area contributed by atoms with Gasteiger partial charge < -0.3 is 9.84 Å². The number of carbonyl (C=O) groups excluding carboxylic acids is 1. The maximum Gasteiger partial charge on any atom is 0.421 e. The molecule has 3 N–H and O–H groups in total. The zero-order valence-electron chi connectivity index (χ0n) is 11.4. The number of carboxylic acid groups (broad SMARTS) is 1. The largest absolute Gasteiger partial charge is 0.481 e. The van der Waals surface area contributed by atoms with Crippen LogP contribution in [-0.4, -0.2) is 39.2 Å². The minimum absolute atomic E-state index is 0.260. The summed E-state index contributed by atoms with van der Waals surface area (Å²) < 4.78 is 30.5. The van der Waals surface area contributed by atoms with E-state index in [1.165, 1.54) is 0 Å². The van der Waals surface area contributed by atoms with Gasteiger partial charge in [-0.15, -0.1) is 0 Å². The van der Waals surface area contributed by atoms with Gasteiger partial charge in [-0.05, 0) is 11.8 Å². The highest BCUT2D eigenvalue weighted by Gasteiger charge is 2.26. The van der Waals surface area contributed by atoms with Gasteiger partial charge in [0.1, 0.15) is 0 Å². The van der Waals surface area contributed by atoms with Crippen LogP contribution in [0, 0.1) is 11.3 Å². The molecular formula is C10H20N2O6S. The molecule has 1 unspecified atom stereocenters. The predicted molar refractivity (Wildman–Crippen MR) is 67.7 cm³/mol. The Morgan fingerprint density at radius 1 is 1.32 bits per heavy atom. The van der Waals surface area contributed by atoms with Crippen LogP contribution in [0.4, 0.5) is 4.79 Å². The van der Waals surface area contributed by atoms with Gasteiger partial charge in [-0.2, -0.15) is 13.1 Å². The second-order valence-corrected chi connectivity index (χ2v) is 6.75. The Morgan fingerprint density at radius 2 is 1.84 bits per heavy atom. The number of nitrogens with one attached hydrogen (secondary N) is 2. The Balaban J connectivity index is 4.56. The number of amides is 1. The van der Waals surface area contributed by atoms with E-state index in [1.54, 1.807) is 4.72 Å². The van der Waals surface area contributed by atoms with Crippen molar-refractivity contribution in [3.8, 4) is 0 Å². The molecule has 19 heavy (non-hydrogen) atoms. The molecular weight excluding hydrogens is 276 g/mol. The first-order chi connectivity index (χ1) is 8.47. The predicted octanol–water partition coefficient (Wildman–Crippen LogP) is 0.314. The average Bonchev–Trinajstić information content (AvgIpc) is 2.21. The van der Waals surface area contributed by atoms with Gasteiger partial charge in [-0.25, -0.2) is 9.52 Å². The third kappa shape index (κ3) is 8.38. The van der Waals surface area contributed by atoms with Crippen LogP contribution in [0.2, 0.25) is 0 Å². The molecule has 0 bridgehead atoms. The molecule has 0 rings (SSSR count). The van der Waals surface area contributed by atoms with Crippen LogP contribution >= 0.6 is 0 Å². The van der Waals surface area contributed by atoms with Crippen LogP contribution in [0.3, 0.4) is 0 Å². The highest BCUT2D eigenvalue weighted by atomic mass is 32.2. The van der Waals surface area contributed by atoms with E-state index in [9.17, 15) is 18.0 Å². The van der Waals surface area contributed by atoms with Gasteiger partial charge in [0.15, 0.2) is 0 Å². The first-order valence-electron chi connectivity index (χ1n) is 5.55. The van der Waals surface area contributed by atoms with E-state index in [1.807, 2.05) is 25.5 Å². The summed E-state index contributed by atoms with van der Waals surface area (Å²) in [6.45, 7) is 5.25. The van der Waals surface area contributed by atoms with E-state index >= 15 is 0 Å². The second kappa shape index (κ2) is 6.71. The minimum atomic E-state index is -4.11. The van der Waals surface area contributed by atoms with Gasteiger partial charge in [0.2, 0.25) is 0 Å². The highest BCUT2D eigenvalue weighted by molar-refractivity contribution is 7.88. The smallest absolute Gasteiger partial charge is 0.421 e. The fourth-order valence-electron chi connectivity index (χ4n) is 1.38. The lowest BCUT2D eigenvalue weighted by atomic mass is 9.85. The standard InChI is InChI=1S/C10H20N2O6S/c1-10(2,3)5-7(8(13)14)6-11-19(16,17)12-9(15)18-4/h7,11H,5-6H2,1-4H3,(H,12,15)(H,13,14). The molecule has 0 fully saturated rings. The Labute approximate surface area is 112 Å². The van der Waals surface area contributed by atoms with Crippen molar-refractivity contribution in [1.82, 2.24) is 9.44 Å². The van der Waals surface area contributed by atoms with Crippen molar-refractivity contribution in [3.63, 3.8) is 0 Å². The highest BCUT2D eigenvalue weighted by Crippen LogP contribution is 2.24. The Morgan fingerprint density at radius 3 is 2.21 bits per heavy atom. The van der Waals surface area contributed by atoms with Crippen molar-refractivity contribution in [2.75, 3.05) is 13.7 Å². The molecule has 0 heterocycles. The van der Waals surface area contributed by atoms with E-state index in [0.717, 1.165) is 7.11 Å². The van der Waals surface area contributed by atoms with Crippen molar-refractivity contribution in [3.05, 3.63) is 0 Å². The fourth-order valence-corrected chi connectivity index (χ4v) is 2.18. The maximum atomic E-state index is 11.4. The maximum absolute atomic E-state index is 11.4. The van der Waals surface area contributed by atoms with Gasteiger partial charge in [0.25, 0.3) is 0 Å². The van der Waals surface area contributed by atoms with E-state index in [2.05, 4.69) is 4.74 Å². The van der Waals surface area contributed by atoms with E-state index in [0.29, 0.717) is 6.42 Å². The fraction of sp³-hybridized carbons (Fsp3) is 0.800. The Hall–Kier alpha value is -1.35. The zero-order valence-corrected chi connectivity index (χ0v) is 12.2. The first kappa shape index (κ1) is 17.6. The number of hydrogen-bond donors (Lipinski definition) is 3. The molecule has 1 amide bonds. The number of rotatable bonds is 6. The monoisotopic (exact) mass is 296 g/mol. The molecule has 0 aliphatic carbocycles. The number of hydrogen-bond acceptors (Lipinski definition) is 5. The summed E-state index contributed by atoms with van der Waals surface area (Å²) in [6.07, 6.45) is -0.849.